The Labute approximate surface area is 123 Å². The molecule has 8 heteroatoms. The summed E-state index contributed by atoms with van der Waals surface area (Å²) in [5.74, 6) is 0.746. The summed E-state index contributed by atoms with van der Waals surface area (Å²) >= 11 is 0. The van der Waals surface area contributed by atoms with Gasteiger partial charge in [-0.2, -0.15) is 15.0 Å². The van der Waals surface area contributed by atoms with Crippen LogP contribution in [0.2, 0.25) is 0 Å². The fraction of sp³-hybridized carbons (Fsp3) is 0.692. The predicted octanol–water partition coefficient (Wildman–Crippen LogP) is -0.0442. The number of aromatic nitrogens is 3. The van der Waals surface area contributed by atoms with Crippen LogP contribution in [-0.2, 0) is 4.79 Å². The monoisotopic (exact) mass is 292 g/mol. The summed E-state index contributed by atoms with van der Waals surface area (Å²) in [6, 6.07) is 0.312. The molecule has 3 rings (SSSR count). The van der Waals surface area contributed by atoms with Crippen LogP contribution in [0.15, 0.2) is 0 Å². The number of fused-ring (bicyclic) bond motifs is 1. The van der Waals surface area contributed by atoms with Crippen molar-refractivity contribution in [2.24, 2.45) is 5.92 Å². The summed E-state index contributed by atoms with van der Waals surface area (Å²) in [4.78, 5) is 26.4. The van der Waals surface area contributed by atoms with Gasteiger partial charge in [0, 0.05) is 13.1 Å². The molecule has 3 N–H and O–H groups in total. The zero-order chi connectivity index (χ0) is 15.0. The van der Waals surface area contributed by atoms with E-state index in [9.17, 15) is 4.79 Å². The standard InChI is InChI=1S/C13H20N6O2/c1-7(2)21-13-17-11(14)16-12(18-13)19-5-3-4-8-9(19)6-15-10(8)20/h7-9H,3-6H2,1-2H3,(H,15,20)(H2,14,16,17,18). The second-order valence-electron chi connectivity index (χ2n) is 5.70. The maximum Gasteiger partial charge on any atom is 0.323 e. The SMILES string of the molecule is CC(C)Oc1nc(N)nc(N2CCCC3C(=O)NCC32)n1. The van der Waals surface area contributed by atoms with Gasteiger partial charge in [0.25, 0.3) is 0 Å². The first-order valence-corrected chi connectivity index (χ1v) is 7.27. The number of hydrogen-bond acceptors (Lipinski definition) is 7. The fourth-order valence-electron chi connectivity index (χ4n) is 2.95. The molecular formula is C13H20N6O2. The van der Waals surface area contributed by atoms with Crippen LogP contribution in [0, 0.1) is 5.92 Å². The first-order valence-electron chi connectivity index (χ1n) is 7.27. The van der Waals surface area contributed by atoms with Crippen molar-refractivity contribution in [2.75, 3.05) is 23.7 Å². The lowest BCUT2D eigenvalue weighted by Crippen LogP contribution is -2.46. The zero-order valence-corrected chi connectivity index (χ0v) is 12.2. The number of carbonyl (C=O) groups excluding carboxylic acids is 1. The molecule has 8 nitrogen and oxygen atoms in total. The molecule has 1 amide bonds. The highest BCUT2D eigenvalue weighted by atomic mass is 16.5. The van der Waals surface area contributed by atoms with Crippen LogP contribution in [0.4, 0.5) is 11.9 Å². The van der Waals surface area contributed by atoms with E-state index in [1.54, 1.807) is 0 Å². The van der Waals surface area contributed by atoms with E-state index in [2.05, 4.69) is 20.3 Å². The van der Waals surface area contributed by atoms with Gasteiger partial charge in [-0.05, 0) is 26.7 Å². The molecule has 0 radical (unpaired) electrons. The van der Waals surface area contributed by atoms with Crippen LogP contribution >= 0.6 is 0 Å². The third kappa shape index (κ3) is 2.70. The molecule has 1 aromatic heterocycles. The Kier molecular flexibility index (Phi) is 3.52. The second-order valence-corrected chi connectivity index (χ2v) is 5.70. The van der Waals surface area contributed by atoms with E-state index < -0.39 is 0 Å². The topological polar surface area (TPSA) is 106 Å². The van der Waals surface area contributed by atoms with Crippen molar-refractivity contribution in [3.63, 3.8) is 0 Å². The molecule has 0 spiro atoms. The molecule has 2 aliphatic heterocycles. The number of nitrogen functional groups attached to an aromatic ring is 1. The molecule has 21 heavy (non-hydrogen) atoms. The Morgan fingerprint density at radius 2 is 2.19 bits per heavy atom. The van der Waals surface area contributed by atoms with Crippen LogP contribution in [-0.4, -0.2) is 46.1 Å². The molecule has 3 heterocycles. The number of nitrogens with one attached hydrogen (secondary N) is 1. The summed E-state index contributed by atoms with van der Waals surface area (Å²) in [6.45, 7) is 5.22. The van der Waals surface area contributed by atoms with E-state index >= 15 is 0 Å². The third-order valence-electron chi connectivity index (χ3n) is 3.82. The van der Waals surface area contributed by atoms with Crippen LogP contribution in [0.25, 0.3) is 0 Å². The Bertz CT molecular complexity index is 549. The Morgan fingerprint density at radius 1 is 1.38 bits per heavy atom. The minimum Gasteiger partial charge on any atom is -0.461 e. The molecule has 2 aliphatic rings. The number of nitrogens with zero attached hydrogens (tertiary/aromatic N) is 4. The van der Waals surface area contributed by atoms with Crippen molar-refractivity contribution < 1.29 is 9.53 Å². The molecule has 1 aromatic rings. The third-order valence-corrected chi connectivity index (χ3v) is 3.82. The van der Waals surface area contributed by atoms with E-state index in [1.165, 1.54) is 0 Å². The number of carbonyl (C=O) groups is 1. The summed E-state index contributed by atoms with van der Waals surface area (Å²) in [5.41, 5.74) is 5.75. The van der Waals surface area contributed by atoms with E-state index in [-0.39, 0.29) is 35.9 Å². The highest BCUT2D eigenvalue weighted by Gasteiger charge is 2.41. The lowest BCUT2D eigenvalue weighted by Gasteiger charge is -2.35. The van der Waals surface area contributed by atoms with Crippen LogP contribution in [0.5, 0.6) is 6.01 Å². The first-order chi connectivity index (χ1) is 10.0. The molecule has 0 bridgehead atoms. The van der Waals surface area contributed by atoms with Crippen LogP contribution < -0.4 is 20.7 Å². The number of rotatable bonds is 3. The lowest BCUT2D eigenvalue weighted by atomic mass is 9.92. The average Bonchev–Trinajstić information content (AvgIpc) is 2.79. The number of nitrogens with two attached hydrogens (primary N) is 1. The molecule has 2 unspecified atom stereocenters. The van der Waals surface area contributed by atoms with Gasteiger partial charge in [-0.1, -0.05) is 0 Å². The first kappa shape index (κ1) is 13.8. The molecule has 0 aliphatic carbocycles. The summed E-state index contributed by atoms with van der Waals surface area (Å²) < 4.78 is 5.51. The highest BCUT2D eigenvalue weighted by Crippen LogP contribution is 2.30. The quantitative estimate of drug-likeness (QED) is 0.804. The van der Waals surface area contributed by atoms with Crippen molar-refractivity contribution in [2.45, 2.75) is 38.8 Å². The van der Waals surface area contributed by atoms with Gasteiger partial charge in [-0.3, -0.25) is 4.79 Å². The fourth-order valence-corrected chi connectivity index (χ4v) is 2.95. The minimum atomic E-state index is -0.0384. The molecule has 2 saturated heterocycles. The number of hydrogen-bond donors (Lipinski definition) is 2. The number of amides is 1. The largest absolute Gasteiger partial charge is 0.461 e. The summed E-state index contributed by atoms with van der Waals surface area (Å²) in [5, 5.41) is 2.91. The molecule has 0 saturated carbocycles. The molecule has 2 fully saturated rings. The van der Waals surface area contributed by atoms with Gasteiger partial charge in [0.1, 0.15) is 0 Å². The van der Waals surface area contributed by atoms with Gasteiger partial charge >= 0.3 is 6.01 Å². The minimum absolute atomic E-state index is 0.00575. The smallest absolute Gasteiger partial charge is 0.323 e. The Morgan fingerprint density at radius 3 is 2.95 bits per heavy atom. The highest BCUT2D eigenvalue weighted by molar-refractivity contribution is 5.82. The van der Waals surface area contributed by atoms with E-state index in [1.807, 2.05) is 18.7 Å². The van der Waals surface area contributed by atoms with Crippen molar-refractivity contribution >= 4 is 17.8 Å². The predicted molar refractivity (Wildman–Crippen MR) is 76.9 cm³/mol. The molecule has 0 aromatic carbocycles. The molecular weight excluding hydrogens is 272 g/mol. The number of ether oxygens (including phenoxy) is 1. The number of anilines is 2. The average molecular weight is 292 g/mol. The molecule has 114 valence electrons. The van der Waals surface area contributed by atoms with E-state index in [4.69, 9.17) is 10.5 Å². The van der Waals surface area contributed by atoms with Gasteiger partial charge in [-0.15, -0.1) is 0 Å². The van der Waals surface area contributed by atoms with Crippen molar-refractivity contribution in [1.29, 1.82) is 0 Å². The Balaban J connectivity index is 1.88. The van der Waals surface area contributed by atoms with Crippen LogP contribution in [0.3, 0.4) is 0 Å². The van der Waals surface area contributed by atoms with E-state index in [0.29, 0.717) is 12.5 Å². The van der Waals surface area contributed by atoms with Gasteiger partial charge in [0.05, 0.1) is 18.1 Å². The van der Waals surface area contributed by atoms with E-state index in [0.717, 1.165) is 19.4 Å². The summed E-state index contributed by atoms with van der Waals surface area (Å²) in [6.07, 6.45) is 1.80. The van der Waals surface area contributed by atoms with Gasteiger partial charge in [0.15, 0.2) is 0 Å². The maximum absolute atomic E-state index is 11.8. The van der Waals surface area contributed by atoms with Crippen molar-refractivity contribution in [3.8, 4) is 6.01 Å². The van der Waals surface area contributed by atoms with Crippen LogP contribution in [0.1, 0.15) is 26.7 Å². The zero-order valence-electron chi connectivity index (χ0n) is 12.2. The van der Waals surface area contributed by atoms with Gasteiger partial charge in [-0.25, -0.2) is 0 Å². The Hall–Kier alpha value is -2.12. The lowest BCUT2D eigenvalue weighted by molar-refractivity contribution is -0.123. The van der Waals surface area contributed by atoms with Crippen molar-refractivity contribution in [1.82, 2.24) is 20.3 Å². The summed E-state index contributed by atoms with van der Waals surface area (Å²) in [7, 11) is 0. The van der Waals surface area contributed by atoms with Gasteiger partial charge in [0.2, 0.25) is 17.8 Å². The molecule has 2 atom stereocenters. The van der Waals surface area contributed by atoms with Gasteiger partial charge < -0.3 is 20.7 Å². The maximum atomic E-state index is 11.8. The number of piperidine rings is 1. The second kappa shape index (κ2) is 5.34. The van der Waals surface area contributed by atoms with Crippen molar-refractivity contribution in [3.05, 3.63) is 0 Å². The normalized spacial score (nSPS) is 24.9.